The van der Waals surface area contributed by atoms with Gasteiger partial charge in [-0.25, -0.2) is 4.98 Å². The van der Waals surface area contributed by atoms with E-state index in [-0.39, 0.29) is 6.04 Å². The van der Waals surface area contributed by atoms with E-state index in [2.05, 4.69) is 37.5 Å². The molecule has 110 valence electrons. The van der Waals surface area contributed by atoms with E-state index in [0.29, 0.717) is 11.6 Å². The van der Waals surface area contributed by atoms with Crippen molar-refractivity contribution in [2.24, 2.45) is 0 Å². The molecule has 3 aromatic heterocycles. The highest BCUT2D eigenvalue weighted by atomic mass is 16.3. The molecule has 0 aliphatic heterocycles. The van der Waals surface area contributed by atoms with Crippen LogP contribution in [-0.4, -0.2) is 32.5 Å². The van der Waals surface area contributed by atoms with Gasteiger partial charge in [0.2, 0.25) is 5.95 Å². The molecule has 0 saturated heterocycles. The zero-order valence-electron chi connectivity index (χ0n) is 12.1. The van der Waals surface area contributed by atoms with Gasteiger partial charge in [-0.3, -0.25) is 0 Å². The highest BCUT2D eigenvalue weighted by molar-refractivity contribution is 5.83. The van der Waals surface area contributed by atoms with Gasteiger partial charge >= 0.3 is 0 Å². The minimum Gasteiger partial charge on any atom is -0.469 e. The summed E-state index contributed by atoms with van der Waals surface area (Å²) < 4.78 is 5.37. The lowest BCUT2D eigenvalue weighted by molar-refractivity contribution is 0.497. The van der Waals surface area contributed by atoms with E-state index in [0.717, 1.165) is 30.1 Å². The molecular weight excluding hydrogens is 268 g/mol. The maximum Gasteiger partial charge on any atom is 0.226 e. The number of rotatable bonds is 6. The molecule has 0 saturated carbocycles. The third kappa shape index (κ3) is 2.96. The number of H-pyrrole nitrogens is 1. The number of hydrogen-bond donors (Lipinski definition) is 3. The Balaban J connectivity index is 1.83. The van der Waals surface area contributed by atoms with Crippen LogP contribution < -0.4 is 10.6 Å². The van der Waals surface area contributed by atoms with Crippen LogP contribution in [0.15, 0.2) is 29.1 Å². The second-order valence-corrected chi connectivity index (χ2v) is 4.86. The van der Waals surface area contributed by atoms with Crippen molar-refractivity contribution in [1.82, 2.24) is 19.9 Å². The molecular formula is C14H18N6O. The average molecular weight is 286 g/mol. The van der Waals surface area contributed by atoms with E-state index in [1.54, 1.807) is 12.6 Å². The van der Waals surface area contributed by atoms with Gasteiger partial charge in [0.1, 0.15) is 11.3 Å². The maximum atomic E-state index is 5.37. The minimum atomic E-state index is 0.173. The van der Waals surface area contributed by atoms with E-state index in [1.807, 2.05) is 19.1 Å². The molecule has 0 aliphatic carbocycles. The van der Waals surface area contributed by atoms with Crippen molar-refractivity contribution in [3.63, 3.8) is 0 Å². The topological polar surface area (TPSA) is 91.7 Å². The van der Waals surface area contributed by atoms with Crippen LogP contribution in [0.5, 0.6) is 0 Å². The molecule has 1 unspecified atom stereocenters. The molecule has 0 radical (unpaired) electrons. The van der Waals surface area contributed by atoms with E-state index in [1.165, 1.54) is 0 Å². The van der Waals surface area contributed by atoms with Crippen molar-refractivity contribution in [3.8, 4) is 0 Å². The first-order chi connectivity index (χ1) is 10.3. The molecule has 3 heterocycles. The van der Waals surface area contributed by atoms with Crippen LogP contribution in [0, 0.1) is 0 Å². The molecule has 3 aromatic rings. The summed E-state index contributed by atoms with van der Waals surface area (Å²) in [5, 5.41) is 6.50. The Morgan fingerprint density at radius 3 is 3.05 bits per heavy atom. The van der Waals surface area contributed by atoms with Crippen molar-refractivity contribution < 1.29 is 4.42 Å². The Morgan fingerprint density at radius 1 is 1.38 bits per heavy atom. The highest BCUT2D eigenvalue weighted by Crippen LogP contribution is 2.20. The Morgan fingerprint density at radius 2 is 2.29 bits per heavy atom. The third-order valence-corrected chi connectivity index (χ3v) is 3.09. The van der Waals surface area contributed by atoms with Crippen molar-refractivity contribution in [3.05, 3.63) is 30.5 Å². The number of fused-ring (bicyclic) bond motifs is 1. The average Bonchev–Trinajstić information content (AvgIpc) is 3.09. The second-order valence-electron chi connectivity index (χ2n) is 4.86. The fourth-order valence-corrected chi connectivity index (χ4v) is 2.19. The van der Waals surface area contributed by atoms with Gasteiger partial charge in [-0.1, -0.05) is 0 Å². The molecule has 0 amide bonds. The van der Waals surface area contributed by atoms with Crippen LogP contribution in [0.4, 0.5) is 11.8 Å². The Bertz CT molecular complexity index is 705. The van der Waals surface area contributed by atoms with Gasteiger partial charge in [-0.15, -0.1) is 0 Å². The summed E-state index contributed by atoms with van der Waals surface area (Å²) in [5.41, 5.74) is 1.46. The first-order valence-corrected chi connectivity index (χ1v) is 7.00. The lowest BCUT2D eigenvalue weighted by Crippen LogP contribution is -2.19. The van der Waals surface area contributed by atoms with Gasteiger partial charge in [0, 0.05) is 19.0 Å². The summed E-state index contributed by atoms with van der Waals surface area (Å²) in [6.07, 6.45) is 4.09. The molecule has 1 atom stereocenters. The largest absolute Gasteiger partial charge is 0.469 e. The van der Waals surface area contributed by atoms with Gasteiger partial charge in [-0.2, -0.15) is 9.97 Å². The molecule has 7 nitrogen and oxygen atoms in total. The van der Waals surface area contributed by atoms with Crippen molar-refractivity contribution in [2.45, 2.75) is 26.3 Å². The standard InChI is InChI=1S/C14H18N6O/c1-3-15-14-19-12-11(16-8-17-12)13(20-14)18-9(2)7-10-5-4-6-21-10/h4-6,8-9H,3,7H2,1-2H3,(H3,15,16,17,18,19,20). The Kier molecular flexibility index (Phi) is 3.72. The van der Waals surface area contributed by atoms with Crippen molar-refractivity contribution in [2.75, 3.05) is 17.2 Å². The molecule has 0 fully saturated rings. The van der Waals surface area contributed by atoms with Gasteiger partial charge in [-0.05, 0) is 26.0 Å². The monoisotopic (exact) mass is 286 g/mol. The van der Waals surface area contributed by atoms with E-state index >= 15 is 0 Å². The third-order valence-electron chi connectivity index (χ3n) is 3.09. The minimum absolute atomic E-state index is 0.173. The van der Waals surface area contributed by atoms with Crippen LogP contribution in [0.2, 0.25) is 0 Å². The zero-order chi connectivity index (χ0) is 14.7. The molecule has 21 heavy (non-hydrogen) atoms. The summed E-state index contributed by atoms with van der Waals surface area (Å²) in [6.45, 7) is 4.85. The lowest BCUT2D eigenvalue weighted by atomic mass is 10.2. The summed E-state index contributed by atoms with van der Waals surface area (Å²) in [5.74, 6) is 2.26. The molecule has 3 rings (SSSR count). The summed E-state index contributed by atoms with van der Waals surface area (Å²) in [4.78, 5) is 16.1. The number of aromatic nitrogens is 4. The normalized spacial score (nSPS) is 12.5. The van der Waals surface area contributed by atoms with Crippen molar-refractivity contribution in [1.29, 1.82) is 0 Å². The smallest absolute Gasteiger partial charge is 0.226 e. The second kappa shape index (κ2) is 5.82. The molecule has 3 N–H and O–H groups in total. The number of nitrogens with one attached hydrogen (secondary N) is 3. The highest BCUT2D eigenvalue weighted by Gasteiger charge is 2.13. The fourth-order valence-electron chi connectivity index (χ4n) is 2.19. The van der Waals surface area contributed by atoms with Crippen LogP contribution >= 0.6 is 0 Å². The number of hydrogen-bond acceptors (Lipinski definition) is 6. The fraction of sp³-hybridized carbons (Fsp3) is 0.357. The molecule has 0 aliphatic rings. The van der Waals surface area contributed by atoms with Gasteiger partial charge in [0.15, 0.2) is 11.5 Å². The van der Waals surface area contributed by atoms with E-state index < -0.39 is 0 Å². The van der Waals surface area contributed by atoms with Crippen molar-refractivity contribution >= 4 is 22.9 Å². The quantitative estimate of drug-likeness (QED) is 0.644. The predicted octanol–water partition coefficient (Wildman–Crippen LogP) is 2.42. The summed E-state index contributed by atoms with van der Waals surface area (Å²) in [7, 11) is 0. The molecule has 0 spiro atoms. The molecule has 0 aromatic carbocycles. The predicted molar refractivity (Wildman–Crippen MR) is 81.3 cm³/mol. The lowest BCUT2D eigenvalue weighted by Gasteiger charge is -2.14. The first-order valence-electron chi connectivity index (χ1n) is 7.00. The number of furan rings is 1. The van der Waals surface area contributed by atoms with Gasteiger partial charge < -0.3 is 20.0 Å². The number of anilines is 2. The zero-order valence-corrected chi connectivity index (χ0v) is 12.1. The van der Waals surface area contributed by atoms with Crippen LogP contribution in [0.25, 0.3) is 11.2 Å². The number of imidazole rings is 1. The Hall–Kier alpha value is -2.57. The SMILES string of the molecule is CCNc1nc(NC(C)Cc2ccco2)c2[nH]cnc2n1. The van der Waals surface area contributed by atoms with Crippen LogP contribution in [-0.2, 0) is 6.42 Å². The first kappa shape index (κ1) is 13.4. The van der Waals surface area contributed by atoms with Gasteiger partial charge in [0.05, 0.1) is 12.6 Å². The number of aromatic amines is 1. The number of nitrogens with zero attached hydrogens (tertiary/aromatic N) is 3. The van der Waals surface area contributed by atoms with E-state index in [9.17, 15) is 0 Å². The van der Waals surface area contributed by atoms with Gasteiger partial charge in [0.25, 0.3) is 0 Å². The van der Waals surface area contributed by atoms with E-state index in [4.69, 9.17) is 4.42 Å². The molecule has 7 heteroatoms. The Labute approximate surface area is 122 Å². The summed E-state index contributed by atoms with van der Waals surface area (Å²) >= 11 is 0. The summed E-state index contributed by atoms with van der Waals surface area (Å²) in [6, 6.07) is 4.03. The maximum absolute atomic E-state index is 5.37. The molecule has 0 bridgehead atoms. The van der Waals surface area contributed by atoms with Crippen LogP contribution in [0.3, 0.4) is 0 Å². The van der Waals surface area contributed by atoms with Crippen LogP contribution in [0.1, 0.15) is 19.6 Å².